The molecule has 0 aliphatic heterocycles. The number of rotatable bonds is 5. The minimum absolute atomic E-state index is 0.152. The minimum Gasteiger partial charge on any atom is -0.350 e. The standard InChI is InChI=1S/C17H21N3OS/c21-16(10-13-6-2-1-3-7-13)19-11-14-12-22-17(20-14)15-8-4-5-9-18-15/h4-5,8-9,12-13H,1-3,6-7,10-11H2,(H,19,21). The molecule has 0 saturated heterocycles. The first kappa shape index (κ1) is 15.2. The van der Waals surface area contributed by atoms with Crippen molar-refractivity contribution >= 4 is 17.2 Å². The molecule has 1 saturated carbocycles. The van der Waals surface area contributed by atoms with Crippen LogP contribution >= 0.6 is 11.3 Å². The Labute approximate surface area is 135 Å². The second-order valence-electron chi connectivity index (χ2n) is 5.84. The Kier molecular flexibility index (Phi) is 5.16. The number of carbonyl (C=O) groups excluding carboxylic acids is 1. The van der Waals surface area contributed by atoms with Crippen molar-refractivity contribution in [1.29, 1.82) is 0 Å². The molecule has 1 aliphatic rings. The van der Waals surface area contributed by atoms with Crippen LogP contribution in [0, 0.1) is 5.92 Å². The Balaban J connectivity index is 1.49. The van der Waals surface area contributed by atoms with E-state index in [0.717, 1.165) is 16.4 Å². The molecule has 0 unspecified atom stereocenters. The molecule has 1 aliphatic carbocycles. The monoisotopic (exact) mass is 315 g/mol. The second-order valence-corrected chi connectivity index (χ2v) is 6.70. The van der Waals surface area contributed by atoms with E-state index in [1.165, 1.54) is 32.1 Å². The molecule has 0 spiro atoms. The van der Waals surface area contributed by atoms with Crippen LogP contribution in [0.1, 0.15) is 44.2 Å². The fourth-order valence-corrected chi connectivity index (χ4v) is 3.71. The molecule has 0 bridgehead atoms. The molecule has 0 radical (unpaired) electrons. The molecule has 2 aromatic heterocycles. The molecule has 4 nitrogen and oxygen atoms in total. The van der Waals surface area contributed by atoms with E-state index in [2.05, 4.69) is 15.3 Å². The minimum atomic E-state index is 0.152. The van der Waals surface area contributed by atoms with Crippen molar-refractivity contribution in [2.24, 2.45) is 5.92 Å². The summed E-state index contributed by atoms with van der Waals surface area (Å²) in [6.07, 6.45) is 8.71. The van der Waals surface area contributed by atoms with Crippen molar-refractivity contribution < 1.29 is 4.79 Å². The third-order valence-electron chi connectivity index (χ3n) is 4.10. The van der Waals surface area contributed by atoms with Gasteiger partial charge in [0.15, 0.2) is 0 Å². The number of hydrogen-bond donors (Lipinski definition) is 1. The summed E-state index contributed by atoms with van der Waals surface area (Å²) >= 11 is 1.57. The van der Waals surface area contributed by atoms with Gasteiger partial charge in [0.1, 0.15) is 5.01 Å². The molecule has 0 aromatic carbocycles. The summed E-state index contributed by atoms with van der Waals surface area (Å²) in [5.74, 6) is 0.729. The maximum atomic E-state index is 12.0. The Morgan fingerprint density at radius 1 is 1.27 bits per heavy atom. The van der Waals surface area contributed by atoms with E-state index in [1.54, 1.807) is 17.5 Å². The number of aromatic nitrogens is 2. The van der Waals surface area contributed by atoms with Crippen LogP contribution < -0.4 is 5.32 Å². The summed E-state index contributed by atoms with van der Waals surface area (Å²) in [5.41, 5.74) is 1.79. The van der Waals surface area contributed by atoms with Crippen molar-refractivity contribution in [2.45, 2.75) is 45.1 Å². The summed E-state index contributed by atoms with van der Waals surface area (Å²) in [6, 6.07) is 5.79. The molecule has 22 heavy (non-hydrogen) atoms. The Morgan fingerprint density at radius 2 is 2.14 bits per heavy atom. The van der Waals surface area contributed by atoms with E-state index in [0.29, 0.717) is 18.9 Å². The topological polar surface area (TPSA) is 54.9 Å². The van der Waals surface area contributed by atoms with Gasteiger partial charge in [0.05, 0.1) is 17.9 Å². The summed E-state index contributed by atoms with van der Waals surface area (Å²) in [7, 11) is 0. The zero-order valence-corrected chi connectivity index (χ0v) is 13.4. The number of carbonyl (C=O) groups is 1. The number of hydrogen-bond acceptors (Lipinski definition) is 4. The molecular formula is C17H21N3OS. The average molecular weight is 315 g/mol. The summed E-state index contributed by atoms with van der Waals surface area (Å²) < 4.78 is 0. The second kappa shape index (κ2) is 7.49. The highest BCUT2D eigenvalue weighted by molar-refractivity contribution is 7.13. The fraction of sp³-hybridized carbons (Fsp3) is 0.471. The van der Waals surface area contributed by atoms with E-state index in [1.807, 2.05) is 23.6 Å². The Morgan fingerprint density at radius 3 is 2.91 bits per heavy atom. The van der Waals surface area contributed by atoms with Crippen LogP contribution in [0.5, 0.6) is 0 Å². The smallest absolute Gasteiger partial charge is 0.220 e. The van der Waals surface area contributed by atoms with Crippen LogP contribution in [0.15, 0.2) is 29.8 Å². The Hall–Kier alpha value is -1.75. The molecule has 1 fully saturated rings. The molecule has 5 heteroatoms. The molecule has 1 amide bonds. The first-order valence-electron chi connectivity index (χ1n) is 7.94. The first-order valence-corrected chi connectivity index (χ1v) is 8.82. The van der Waals surface area contributed by atoms with Crippen LogP contribution in [-0.2, 0) is 11.3 Å². The van der Waals surface area contributed by atoms with Gasteiger partial charge in [-0.15, -0.1) is 11.3 Å². The number of amides is 1. The van der Waals surface area contributed by atoms with Crippen LogP contribution in [0.25, 0.3) is 10.7 Å². The summed E-state index contributed by atoms with van der Waals surface area (Å²) in [4.78, 5) is 20.8. The van der Waals surface area contributed by atoms with Crippen molar-refractivity contribution in [3.63, 3.8) is 0 Å². The molecular weight excluding hydrogens is 294 g/mol. The molecule has 2 heterocycles. The molecule has 1 N–H and O–H groups in total. The lowest BCUT2D eigenvalue weighted by atomic mass is 9.87. The van der Waals surface area contributed by atoms with Gasteiger partial charge in [-0.2, -0.15) is 0 Å². The van der Waals surface area contributed by atoms with Gasteiger partial charge in [-0.25, -0.2) is 4.98 Å². The van der Waals surface area contributed by atoms with E-state index in [-0.39, 0.29) is 5.91 Å². The van der Waals surface area contributed by atoms with Crippen LogP contribution in [0.2, 0.25) is 0 Å². The van der Waals surface area contributed by atoms with Crippen molar-refractivity contribution in [3.8, 4) is 10.7 Å². The van der Waals surface area contributed by atoms with Gasteiger partial charge < -0.3 is 5.32 Å². The van der Waals surface area contributed by atoms with Gasteiger partial charge in [-0.1, -0.05) is 25.3 Å². The molecule has 0 atom stereocenters. The van der Waals surface area contributed by atoms with Crippen LogP contribution in [0.4, 0.5) is 0 Å². The number of thiazole rings is 1. The summed E-state index contributed by atoms with van der Waals surface area (Å²) in [6.45, 7) is 0.509. The highest BCUT2D eigenvalue weighted by Crippen LogP contribution is 2.26. The number of nitrogens with zero attached hydrogens (tertiary/aromatic N) is 2. The lowest BCUT2D eigenvalue weighted by Crippen LogP contribution is -2.26. The van der Waals surface area contributed by atoms with E-state index < -0.39 is 0 Å². The van der Waals surface area contributed by atoms with Crippen molar-refractivity contribution in [1.82, 2.24) is 15.3 Å². The van der Waals surface area contributed by atoms with E-state index >= 15 is 0 Å². The van der Waals surface area contributed by atoms with Gasteiger partial charge >= 0.3 is 0 Å². The lowest BCUT2D eigenvalue weighted by molar-refractivity contribution is -0.122. The van der Waals surface area contributed by atoms with Gasteiger partial charge in [0.25, 0.3) is 0 Å². The van der Waals surface area contributed by atoms with Crippen molar-refractivity contribution in [3.05, 3.63) is 35.5 Å². The predicted molar refractivity (Wildman–Crippen MR) is 88.4 cm³/mol. The quantitative estimate of drug-likeness (QED) is 0.913. The fourth-order valence-electron chi connectivity index (χ4n) is 2.91. The highest BCUT2D eigenvalue weighted by Gasteiger charge is 2.17. The first-order chi connectivity index (χ1) is 10.8. The highest BCUT2D eigenvalue weighted by atomic mass is 32.1. The molecule has 116 valence electrons. The maximum absolute atomic E-state index is 12.0. The van der Waals surface area contributed by atoms with Crippen molar-refractivity contribution in [2.75, 3.05) is 0 Å². The van der Waals surface area contributed by atoms with Gasteiger partial charge in [0, 0.05) is 18.0 Å². The molecule has 3 rings (SSSR count). The largest absolute Gasteiger partial charge is 0.350 e. The predicted octanol–water partition coefficient (Wildman–Crippen LogP) is 3.79. The van der Waals surface area contributed by atoms with E-state index in [9.17, 15) is 4.79 Å². The number of nitrogens with one attached hydrogen (secondary N) is 1. The Bertz CT molecular complexity index is 605. The van der Waals surface area contributed by atoms with E-state index in [4.69, 9.17) is 0 Å². The normalized spacial score (nSPS) is 15.6. The van der Waals surface area contributed by atoms with Crippen LogP contribution in [-0.4, -0.2) is 15.9 Å². The average Bonchev–Trinajstić information content (AvgIpc) is 3.04. The van der Waals surface area contributed by atoms with Crippen LogP contribution in [0.3, 0.4) is 0 Å². The van der Waals surface area contributed by atoms with Gasteiger partial charge in [-0.05, 0) is 30.9 Å². The summed E-state index contributed by atoms with van der Waals surface area (Å²) in [5, 5.41) is 5.89. The zero-order valence-electron chi connectivity index (χ0n) is 12.6. The number of pyridine rings is 1. The third kappa shape index (κ3) is 4.13. The van der Waals surface area contributed by atoms with Gasteiger partial charge in [0.2, 0.25) is 5.91 Å². The maximum Gasteiger partial charge on any atom is 0.220 e. The SMILES string of the molecule is O=C(CC1CCCCC1)NCc1csc(-c2ccccn2)n1. The lowest BCUT2D eigenvalue weighted by Gasteiger charge is -2.20. The zero-order chi connectivity index (χ0) is 15.2. The molecule has 2 aromatic rings. The third-order valence-corrected chi connectivity index (χ3v) is 5.01. The van der Waals surface area contributed by atoms with Gasteiger partial charge in [-0.3, -0.25) is 9.78 Å².